The van der Waals surface area contributed by atoms with Gasteiger partial charge in [-0.15, -0.1) is 0 Å². The minimum atomic E-state index is -0.636. The van der Waals surface area contributed by atoms with Crippen molar-refractivity contribution < 1.29 is 23.9 Å². The second kappa shape index (κ2) is 12.8. The number of fused-ring (bicyclic) bond motifs is 2. The Morgan fingerprint density at radius 1 is 1.08 bits per heavy atom. The van der Waals surface area contributed by atoms with E-state index in [1.165, 1.54) is 11.6 Å². The van der Waals surface area contributed by atoms with E-state index in [1.54, 1.807) is 24.2 Å². The van der Waals surface area contributed by atoms with E-state index in [2.05, 4.69) is 30.7 Å². The second-order valence-electron chi connectivity index (χ2n) is 13.9. The van der Waals surface area contributed by atoms with Crippen molar-refractivity contribution in [2.75, 3.05) is 55.0 Å². The highest BCUT2D eigenvalue weighted by atomic mass is 35.5. The zero-order valence-corrected chi connectivity index (χ0v) is 29.3. The Morgan fingerprint density at radius 2 is 1.88 bits per heavy atom. The number of halogens is 1. The van der Waals surface area contributed by atoms with E-state index in [-0.39, 0.29) is 47.5 Å². The summed E-state index contributed by atoms with van der Waals surface area (Å²) >= 11 is 6.55. The lowest BCUT2D eigenvalue weighted by atomic mass is 9.78. The van der Waals surface area contributed by atoms with Crippen LogP contribution >= 0.6 is 11.6 Å². The number of nitrogens with one attached hydrogen (secondary N) is 3. The van der Waals surface area contributed by atoms with Crippen molar-refractivity contribution in [2.24, 2.45) is 12.5 Å². The molecule has 4 aliphatic heterocycles. The fourth-order valence-corrected chi connectivity index (χ4v) is 7.79. The molecule has 52 heavy (non-hydrogen) atoms. The third-order valence-electron chi connectivity index (χ3n) is 10.5. The van der Waals surface area contributed by atoms with Crippen LogP contribution in [0.15, 0.2) is 53.5 Å². The number of hydrogen-bond donors (Lipinski definition) is 3. The maximum atomic E-state index is 13.1. The Morgan fingerprint density at radius 3 is 2.67 bits per heavy atom. The number of aromatic nitrogens is 3. The zero-order chi connectivity index (χ0) is 36.3. The Kier molecular flexibility index (Phi) is 8.24. The van der Waals surface area contributed by atoms with Crippen molar-refractivity contribution in [1.82, 2.24) is 30.1 Å². The number of piperidine rings is 1. The van der Waals surface area contributed by atoms with Gasteiger partial charge in [0.15, 0.2) is 18.2 Å². The quantitative estimate of drug-likeness (QED) is 0.228. The van der Waals surface area contributed by atoms with Crippen LogP contribution in [0.3, 0.4) is 0 Å². The van der Waals surface area contributed by atoms with E-state index in [9.17, 15) is 24.0 Å². The van der Waals surface area contributed by atoms with E-state index in [0.717, 1.165) is 49.2 Å². The lowest BCUT2D eigenvalue weighted by molar-refractivity contribution is -0.137. The molecule has 1 unspecified atom stereocenters. The number of aryl methyl sites for hydroxylation is 1. The van der Waals surface area contributed by atoms with Crippen LogP contribution in [0, 0.1) is 5.41 Å². The van der Waals surface area contributed by atoms with Gasteiger partial charge in [0.25, 0.3) is 17.4 Å². The number of rotatable bonds is 8. The summed E-state index contributed by atoms with van der Waals surface area (Å²) in [7, 11) is 3.15. The van der Waals surface area contributed by atoms with Crippen molar-refractivity contribution in [3.8, 4) is 5.75 Å². The molecule has 4 aromatic rings. The second-order valence-corrected chi connectivity index (χ2v) is 14.3. The molecule has 15 nitrogen and oxygen atoms in total. The molecule has 6 heterocycles. The number of benzene rings is 2. The monoisotopic (exact) mass is 725 g/mol. The van der Waals surface area contributed by atoms with E-state index in [4.69, 9.17) is 21.3 Å². The predicted octanol–water partition coefficient (Wildman–Crippen LogP) is 2.33. The third kappa shape index (κ3) is 5.93. The van der Waals surface area contributed by atoms with E-state index in [0.29, 0.717) is 46.5 Å². The summed E-state index contributed by atoms with van der Waals surface area (Å²) in [5, 5.41) is 9.20. The first-order valence-corrected chi connectivity index (χ1v) is 17.4. The van der Waals surface area contributed by atoms with E-state index < -0.39 is 11.9 Å². The van der Waals surface area contributed by atoms with Crippen molar-refractivity contribution >= 4 is 69.3 Å². The molecule has 2 aromatic heterocycles. The van der Waals surface area contributed by atoms with Crippen LogP contribution in [-0.2, 0) is 28.0 Å². The summed E-state index contributed by atoms with van der Waals surface area (Å²) in [5.74, 6) is -0.149. The fraction of sp³-hybridized carbons (Fsp3) is 0.361. The van der Waals surface area contributed by atoms with Gasteiger partial charge in [-0.3, -0.25) is 29.3 Å². The molecular weight excluding hydrogens is 690 g/mol. The summed E-state index contributed by atoms with van der Waals surface area (Å²) in [6.07, 6.45) is 3.12. The lowest BCUT2D eigenvalue weighted by Gasteiger charge is -2.49. The number of imide groups is 1. The van der Waals surface area contributed by atoms with Crippen LogP contribution in [0.1, 0.15) is 35.2 Å². The Balaban J connectivity index is 0.927. The normalized spacial score (nSPS) is 19.2. The third-order valence-corrected chi connectivity index (χ3v) is 10.7. The number of ether oxygens (including phenoxy) is 1. The highest BCUT2D eigenvalue weighted by Gasteiger charge is 2.49. The van der Waals surface area contributed by atoms with Crippen LogP contribution in [0.4, 0.5) is 23.1 Å². The van der Waals surface area contributed by atoms with Crippen LogP contribution in [0.5, 0.6) is 5.75 Å². The molecule has 16 heteroatoms. The van der Waals surface area contributed by atoms with Gasteiger partial charge in [-0.2, -0.15) is 4.98 Å². The largest absolute Gasteiger partial charge is 0.478 e. The number of carbonyl (C=O) groups is 4. The van der Waals surface area contributed by atoms with Crippen molar-refractivity contribution in [3.63, 3.8) is 0 Å². The molecule has 0 aliphatic carbocycles. The molecule has 0 radical (unpaired) electrons. The maximum absolute atomic E-state index is 13.1. The van der Waals surface area contributed by atoms with Crippen molar-refractivity contribution in [1.29, 1.82) is 0 Å². The summed E-state index contributed by atoms with van der Waals surface area (Å²) in [6.45, 7) is 3.34. The average Bonchev–Trinajstić information content (AvgIpc) is 3.71. The van der Waals surface area contributed by atoms with Crippen molar-refractivity contribution in [2.45, 2.75) is 31.8 Å². The van der Waals surface area contributed by atoms with Gasteiger partial charge in [0, 0.05) is 81.0 Å². The maximum Gasteiger partial charge on any atom is 0.293 e. The molecule has 1 atom stereocenters. The van der Waals surface area contributed by atoms with Crippen LogP contribution in [0.2, 0.25) is 5.02 Å². The highest BCUT2D eigenvalue weighted by Crippen LogP contribution is 2.44. The number of hydrogen-bond acceptors (Lipinski definition) is 11. The molecule has 268 valence electrons. The summed E-state index contributed by atoms with van der Waals surface area (Å²) in [4.78, 5) is 77.0. The molecule has 3 fully saturated rings. The summed E-state index contributed by atoms with van der Waals surface area (Å²) in [6, 6.07) is 12.3. The number of amides is 4. The summed E-state index contributed by atoms with van der Waals surface area (Å²) in [5.41, 5.74) is 3.63. The highest BCUT2D eigenvalue weighted by molar-refractivity contribution is 6.33. The number of nitrogens with zero attached hydrogens (tertiary/aromatic N) is 6. The van der Waals surface area contributed by atoms with E-state index >= 15 is 0 Å². The Labute approximate surface area is 302 Å². The van der Waals surface area contributed by atoms with Gasteiger partial charge in [-0.25, -0.2) is 4.98 Å². The van der Waals surface area contributed by atoms with Gasteiger partial charge >= 0.3 is 0 Å². The van der Waals surface area contributed by atoms with Gasteiger partial charge in [0.05, 0.1) is 11.7 Å². The fourth-order valence-electron chi connectivity index (χ4n) is 7.65. The Hall–Kier alpha value is -5.70. The molecule has 8 rings (SSSR count). The van der Waals surface area contributed by atoms with Crippen LogP contribution in [0.25, 0.3) is 10.9 Å². The molecule has 0 saturated carbocycles. The predicted molar refractivity (Wildman–Crippen MR) is 193 cm³/mol. The molecule has 4 aliphatic rings. The molecular formula is C36H36ClN9O6. The summed E-state index contributed by atoms with van der Waals surface area (Å²) < 4.78 is 6.97. The molecule has 3 N–H and O–H groups in total. The number of pyridine rings is 1. The van der Waals surface area contributed by atoms with Gasteiger partial charge in [0.1, 0.15) is 11.1 Å². The van der Waals surface area contributed by atoms with Gasteiger partial charge in [-0.1, -0.05) is 11.6 Å². The first-order chi connectivity index (χ1) is 25.0. The van der Waals surface area contributed by atoms with Crippen LogP contribution < -0.4 is 36.0 Å². The minimum absolute atomic E-state index is 0.0655. The molecule has 1 spiro atoms. The molecule has 4 amide bonds. The van der Waals surface area contributed by atoms with Crippen LogP contribution in [-0.4, -0.2) is 88.9 Å². The first-order valence-electron chi connectivity index (χ1n) is 17.0. The zero-order valence-electron chi connectivity index (χ0n) is 28.6. The first kappa shape index (κ1) is 33.4. The Bertz CT molecular complexity index is 2240. The smallest absolute Gasteiger partial charge is 0.293 e. The topological polar surface area (TPSA) is 171 Å². The number of anilines is 4. The van der Waals surface area contributed by atoms with Gasteiger partial charge in [-0.05, 0) is 60.9 Å². The molecule has 2 aromatic carbocycles. The van der Waals surface area contributed by atoms with Crippen molar-refractivity contribution in [3.05, 3.63) is 75.2 Å². The van der Waals surface area contributed by atoms with Gasteiger partial charge < -0.3 is 34.6 Å². The van der Waals surface area contributed by atoms with E-state index in [1.807, 2.05) is 36.4 Å². The lowest BCUT2D eigenvalue weighted by Crippen LogP contribution is -2.57. The number of carbonyl (C=O) groups excluding carboxylic acids is 4. The molecule has 0 bridgehead atoms. The number of likely N-dealkylation sites (N-methyl/N-ethyl adjacent to an activating group) is 1. The SMILES string of the molecule is CNC(=O)COc1cc2cc(Nc3nc(N4CCC5(CN(c6ccc7c(c6)CN(C6CCC(=O)NC6=O)C7=O)C5)C4)ncc3Cl)ccc2n(C)c1=O. The van der Waals surface area contributed by atoms with Gasteiger partial charge in [0.2, 0.25) is 17.8 Å². The minimum Gasteiger partial charge on any atom is -0.478 e. The average molecular weight is 726 g/mol. The standard InChI is InChI=1S/C36H36ClN9O6/c1-38-30(48)16-52-28-13-20-11-22(3-6-26(20)43(2)34(28)51)40-31-25(37)14-39-35(42-31)44-10-9-36(17-44)18-45(19-36)23-4-5-24-21(12-23)15-46(33(24)50)27-7-8-29(47)41-32(27)49/h3-6,11-14,27H,7-10,15-19H2,1-2H3,(H,38,48)(H,39,40,42)(H,41,47,49). The molecule has 3 saturated heterocycles.